The Labute approximate surface area is 128 Å². The molecule has 0 spiro atoms. The number of hydrogen-bond donors (Lipinski definition) is 1. The number of carbonyl (C=O) groups excluding carboxylic acids is 1. The Bertz CT molecular complexity index is 597. The first-order valence-corrected chi connectivity index (χ1v) is 7.64. The zero-order valence-electron chi connectivity index (χ0n) is 11.8. The second-order valence-electron chi connectivity index (χ2n) is 4.49. The van der Waals surface area contributed by atoms with E-state index >= 15 is 0 Å². The van der Waals surface area contributed by atoms with E-state index in [1.807, 2.05) is 12.1 Å². The number of aryl methyl sites for hydroxylation is 1. The number of nitrogens with one attached hydrogen (secondary N) is 1. The highest BCUT2D eigenvalue weighted by atomic mass is 32.2. The molecule has 1 N–H and O–H groups in total. The van der Waals surface area contributed by atoms with E-state index in [1.54, 1.807) is 30.4 Å². The van der Waals surface area contributed by atoms with Crippen molar-refractivity contribution in [1.29, 1.82) is 0 Å². The lowest BCUT2D eigenvalue weighted by atomic mass is 10.2. The molecule has 0 saturated heterocycles. The van der Waals surface area contributed by atoms with Gasteiger partial charge in [-0.25, -0.2) is 5.43 Å². The lowest BCUT2D eigenvalue weighted by Crippen LogP contribution is -2.17. The zero-order valence-corrected chi connectivity index (χ0v) is 12.6. The van der Waals surface area contributed by atoms with E-state index in [4.69, 9.17) is 0 Å². The van der Waals surface area contributed by atoms with Gasteiger partial charge in [0.15, 0.2) is 0 Å². The molecule has 0 aliphatic heterocycles. The van der Waals surface area contributed by atoms with Gasteiger partial charge in [0.05, 0.1) is 6.21 Å². The van der Waals surface area contributed by atoms with Gasteiger partial charge in [0, 0.05) is 29.5 Å². The fourth-order valence-corrected chi connectivity index (χ4v) is 2.43. The average molecular weight is 299 g/mol. The molecule has 0 atom stereocenters. The van der Waals surface area contributed by atoms with Gasteiger partial charge in [-0.3, -0.25) is 9.78 Å². The second kappa shape index (κ2) is 8.21. The van der Waals surface area contributed by atoms with Crippen LogP contribution >= 0.6 is 11.8 Å². The smallest absolute Gasteiger partial charge is 0.240 e. The number of aromatic nitrogens is 1. The number of rotatable bonds is 6. The SMILES string of the molecule is Cc1ccc(SCCC(=O)N/N=C\c2ccncc2)cc1. The molecule has 0 radical (unpaired) electrons. The third kappa shape index (κ3) is 5.79. The summed E-state index contributed by atoms with van der Waals surface area (Å²) in [4.78, 5) is 16.7. The average Bonchev–Trinajstić information content (AvgIpc) is 2.50. The van der Waals surface area contributed by atoms with E-state index in [0.717, 1.165) is 11.3 Å². The number of hydrogen-bond acceptors (Lipinski definition) is 4. The van der Waals surface area contributed by atoms with E-state index in [0.29, 0.717) is 6.42 Å². The van der Waals surface area contributed by atoms with Gasteiger partial charge in [-0.15, -0.1) is 11.8 Å². The molecule has 0 saturated carbocycles. The fraction of sp³-hybridized carbons (Fsp3) is 0.188. The first kappa shape index (κ1) is 15.3. The molecule has 5 heteroatoms. The molecule has 0 fully saturated rings. The fourth-order valence-electron chi connectivity index (χ4n) is 1.58. The molecule has 21 heavy (non-hydrogen) atoms. The van der Waals surface area contributed by atoms with Crippen molar-refractivity contribution in [2.24, 2.45) is 5.10 Å². The summed E-state index contributed by atoms with van der Waals surface area (Å²) in [5.41, 5.74) is 4.66. The monoisotopic (exact) mass is 299 g/mol. The summed E-state index contributed by atoms with van der Waals surface area (Å²) in [5.74, 6) is 0.652. The van der Waals surface area contributed by atoms with E-state index in [-0.39, 0.29) is 5.91 Å². The Hall–Kier alpha value is -2.14. The minimum Gasteiger partial charge on any atom is -0.273 e. The molecule has 1 amide bonds. The van der Waals surface area contributed by atoms with Gasteiger partial charge in [-0.2, -0.15) is 5.10 Å². The first-order chi connectivity index (χ1) is 10.2. The minimum atomic E-state index is -0.0834. The van der Waals surface area contributed by atoms with Crippen molar-refractivity contribution in [3.63, 3.8) is 0 Å². The van der Waals surface area contributed by atoms with Gasteiger partial charge < -0.3 is 0 Å². The summed E-state index contributed by atoms with van der Waals surface area (Å²) in [5, 5.41) is 3.92. The Kier molecular flexibility index (Phi) is 5.97. The van der Waals surface area contributed by atoms with E-state index in [2.05, 4.69) is 46.7 Å². The van der Waals surface area contributed by atoms with Crippen LogP contribution in [-0.2, 0) is 4.79 Å². The molecule has 0 aliphatic rings. The third-order valence-electron chi connectivity index (χ3n) is 2.73. The van der Waals surface area contributed by atoms with Gasteiger partial charge in [-0.05, 0) is 36.8 Å². The van der Waals surface area contributed by atoms with Crippen LogP contribution in [0.2, 0.25) is 0 Å². The van der Waals surface area contributed by atoms with Crippen molar-refractivity contribution in [2.75, 3.05) is 5.75 Å². The van der Waals surface area contributed by atoms with Crippen molar-refractivity contribution >= 4 is 23.9 Å². The van der Waals surface area contributed by atoms with Crippen molar-refractivity contribution in [2.45, 2.75) is 18.2 Å². The summed E-state index contributed by atoms with van der Waals surface area (Å²) in [7, 11) is 0. The molecule has 1 heterocycles. The largest absolute Gasteiger partial charge is 0.273 e. The van der Waals surface area contributed by atoms with Gasteiger partial charge in [0.25, 0.3) is 0 Å². The standard InChI is InChI=1S/C16H17N3OS/c1-13-2-4-15(5-3-13)21-11-8-16(20)19-18-12-14-6-9-17-10-7-14/h2-7,9-10,12H,8,11H2,1H3,(H,19,20)/b18-12-. The van der Waals surface area contributed by atoms with E-state index in [9.17, 15) is 4.79 Å². The number of thioether (sulfide) groups is 1. The van der Waals surface area contributed by atoms with E-state index in [1.165, 1.54) is 10.5 Å². The van der Waals surface area contributed by atoms with Gasteiger partial charge in [0.1, 0.15) is 0 Å². The number of hydrazone groups is 1. The zero-order chi connectivity index (χ0) is 14.9. The van der Waals surface area contributed by atoms with Crippen LogP contribution in [0.3, 0.4) is 0 Å². The van der Waals surface area contributed by atoms with Crippen LogP contribution < -0.4 is 5.43 Å². The van der Waals surface area contributed by atoms with Crippen molar-refractivity contribution in [1.82, 2.24) is 10.4 Å². The quantitative estimate of drug-likeness (QED) is 0.507. The maximum Gasteiger partial charge on any atom is 0.240 e. The number of pyridine rings is 1. The summed E-state index contributed by atoms with van der Waals surface area (Å²) < 4.78 is 0. The summed E-state index contributed by atoms with van der Waals surface area (Å²) in [6, 6.07) is 11.9. The number of amides is 1. The summed E-state index contributed by atoms with van der Waals surface area (Å²) >= 11 is 1.67. The molecule has 0 aliphatic carbocycles. The first-order valence-electron chi connectivity index (χ1n) is 6.65. The van der Waals surface area contributed by atoms with Crippen LogP contribution in [0, 0.1) is 6.92 Å². The molecule has 108 valence electrons. The normalized spacial score (nSPS) is 10.7. The molecule has 1 aromatic heterocycles. The molecule has 2 aromatic rings. The maximum absolute atomic E-state index is 11.6. The van der Waals surface area contributed by atoms with Gasteiger partial charge in [-0.1, -0.05) is 17.7 Å². The van der Waals surface area contributed by atoms with E-state index < -0.39 is 0 Å². The van der Waals surface area contributed by atoms with Crippen molar-refractivity contribution < 1.29 is 4.79 Å². The predicted molar refractivity (Wildman–Crippen MR) is 86.5 cm³/mol. The van der Waals surface area contributed by atoms with Crippen LogP contribution in [0.5, 0.6) is 0 Å². The minimum absolute atomic E-state index is 0.0834. The Morgan fingerprint density at radius 1 is 1.24 bits per heavy atom. The summed E-state index contributed by atoms with van der Waals surface area (Å²) in [6.45, 7) is 2.06. The second-order valence-corrected chi connectivity index (χ2v) is 5.65. The van der Waals surface area contributed by atoms with Gasteiger partial charge >= 0.3 is 0 Å². The maximum atomic E-state index is 11.6. The van der Waals surface area contributed by atoms with Crippen LogP contribution in [-0.4, -0.2) is 22.9 Å². The van der Waals surface area contributed by atoms with Crippen LogP contribution in [0.25, 0.3) is 0 Å². The molecule has 4 nitrogen and oxygen atoms in total. The highest BCUT2D eigenvalue weighted by Crippen LogP contribution is 2.18. The van der Waals surface area contributed by atoms with Crippen LogP contribution in [0.4, 0.5) is 0 Å². The topological polar surface area (TPSA) is 54.4 Å². The lowest BCUT2D eigenvalue weighted by molar-refractivity contribution is -0.120. The molecule has 0 unspecified atom stereocenters. The number of nitrogens with zero attached hydrogens (tertiary/aromatic N) is 2. The molecule has 0 bridgehead atoms. The molecule has 1 aromatic carbocycles. The van der Waals surface area contributed by atoms with Crippen LogP contribution in [0.1, 0.15) is 17.5 Å². The molecular weight excluding hydrogens is 282 g/mol. The number of carbonyl (C=O) groups is 1. The van der Waals surface area contributed by atoms with Crippen molar-refractivity contribution in [3.8, 4) is 0 Å². The van der Waals surface area contributed by atoms with Gasteiger partial charge in [0.2, 0.25) is 5.91 Å². The Balaban J connectivity index is 1.68. The Morgan fingerprint density at radius 2 is 1.95 bits per heavy atom. The molecular formula is C16H17N3OS. The lowest BCUT2D eigenvalue weighted by Gasteiger charge is -2.02. The highest BCUT2D eigenvalue weighted by molar-refractivity contribution is 7.99. The third-order valence-corrected chi connectivity index (χ3v) is 3.74. The highest BCUT2D eigenvalue weighted by Gasteiger charge is 2.00. The predicted octanol–water partition coefficient (Wildman–Crippen LogP) is 3.02. The Morgan fingerprint density at radius 3 is 2.67 bits per heavy atom. The molecule has 2 rings (SSSR count). The number of benzene rings is 1. The van der Waals surface area contributed by atoms with Crippen LogP contribution in [0.15, 0.2) is 58.8 Å². The summed E-state index contributed by atoms with van der Waals surface area (Å²) in [6.07, 6.45) is 5.40. The van der Waals surface area contributed by atoms with Crippen molar-refractivity contribution in [3.05, 3.63) is 59.9 Å².